The van der Waals surface area contributed by atoms with Gasteiger partial charge in [-0.2, -0.15) is 0 Å². The molecule has 108 heavy (non-hydrogen) atoms. The van der Waals surface area contributed by atoms with E-state index in [1.165, 1.54) is 64.2 Å². The molecule has 6 aromatic carbocycles. The largest absolute Gasteiger partial charge is 0.564 e. The highest BCUT2D eigenvalue weighted by molar-refractivity contribution is 6.78. The first-order valence-electron chi connectivity index (χ1n) is 41.0. The molecule has 1 aliphatic rings. The van der Waals surface area contributed by atoms with Gasteiger partial charge < -0.3 is 43.7 Å². The molecule has 6 aromatic rings. The van der Waals surface area contributed by atoms with E-state index >= 15 is 4.79 Å². The first-order valence-corrected chi connectivity index (χ1v) is 46.0. The molecule has 0 spiro atoms. The summed E-state index contributed by atoms with van der Waals surface area (Å²) in [7, 11) is -3.68. The number of fused-ring (bicyclic) bond motifs is 3. The van der Waals surface area contributed by atoms with Gasteiger partial charge in [-0.05, 0) is 127 Å². The number of esters is 1. The van der Waals surface area contributed by atoms with Gasteiger partial charge in [-0.1, -0.05) is 313 Å². The fraction of sp³-hybridized carbons (Fsp3) is 0.560. The number of alkyl carbamates (subject to hydrolysis) is 1. The third kappa shape index (κ3) is 25.5. The Labute approximate surface area is 661 Å². The number of ether oxygens (including phenoxy) is 4. The van der Waals surface area contributed by atoms with E-state index in [2.05, 4.69) is 111 Å². The summed E-state index contributed by atoms with van der Waals surface area (Å²) in [5, 5.41) is 9.57. The van der Waals surface area contributed by atoms with Gasteiger partial charge in [-0.25, -0.2) is 4.79 Å². The molecule has 1 aliphatic carbocycles. The lowest BCUT2D eigenvalue weighted by molar-refractivity contribution is -0.153. The lowest BCUT2D eigenvalue weighted by atomic mass is 9.79. The number of hydrogen-bond acceptors (Lipinski definition) is 10. The minimum atomic E-state index is -1.84. The monoisotopic (exact) mass is 1550 g/mol. The van der Waals surface area contributed by atoms with E-state index in [0.717, 1.165) is 92.4 Å². The van der Waals surface area contributed by atoms with Crippen LogP contribution in [0.4, 0.5) is 4.79 Å². The van der Waals surface area contributed by atoms with Gasteiger partial charge in [0.2, 0.25) is 11.8 Å². The Morgan fingerprint density at radius 1 is 0.463 bits per heavy atom. The summed E-state index contributed by atoms with van der Waals surface area (Å²) in [6.45, 7) is 34.3. The van der Waals surface area contributed by atoms with Gasteiger partial charge in [0.15, 0.2) is 13.9 Å². The van der Waals surface area contributed by atoms with Crippen molar-refractivity contribution < 1.29 is 47.0 Å². The molecule has 0 bridgehead atoms. The third-order valence-electron chi connectivity index (χ3n) is 22.3. The van der Waals surface area contributed by atoms with Crippen molar-refractivity contribution in [3.8, 4) is 22.6 Å². The fourth-order valence-electron chi connectivity index (χ4n) is 17.1. The highest BCUT2D eigenvalue weighted by Crippen LogP contribution is 2.48. The van der Waals surface area contributed by atoms with E-state index in [1.807, 2.05) is 123 Å². The Balaban J connectivity index is 1.04. The summed E-state index contributed by atoms with van der Waals surface area (Å²) >= 11 is 13.3. The summed E-state index contributed by atoms with van der Waals surface area (Å²) in [6.07, 6.45) is 19.8. The molecule has 0 fully saturated rings. The first-order chi connectivity index (χ1) is 51.8. The molecule has 3 amide bonds. The first kappa shape index (κ1) is 88.7. The Hall–Kier alpha value is -6.47. The van der Waals surface area contributed by atoms with Gasteiger partial charge in [-0.15, -0.1) is 16.6 Å². The van der Waals surface area contributed by atoms with Crippen LogP contribution in [-0.2, 0) is 44.7 Å². The number of halogens is 2. The maximum Gasteiger partial charge on any atom is 0.407 e. The second-order valence-corrected chi connectivity index (χ2v) is 44.2. The highest BCUT2D eigenvalue weighted by atomic mass is 35.5. The van der Waals surface area contributed by atoms with Crippen molar-refractivity contribution in [3.05, 3.63) is 189 Å². The summed E-state index contributed by atoms with van der Waals surface area (Å²) in [4.78, 5) is 58.2. The Kier molecular flexibility index (Phi) is 37.1. The van der Waals surface area contributed by atoms with Crippen LogP contribution in [0.2, 0.25) is 43.3 Å². The molecule has 13 nitrogen and oxygen atoms in total. The maximum absolute atomic E-state index is 15.1. The quantitative estimate of drug-likeness (QED) is 0.0145. The number of rotatable bonds is 50. The van der Waals surface area contributed by atoms with Crippen molar-refractivity contribution in [2.45, 2.75) is 282 Å². The summed E-state index contributed by atoms with van der Waals surface area (Å²) in [5.74, 6) is -1.15. The molecule has 0 saturated carbocycles. The summed E-state index contributed by atoms with van der Waals surface area (Å²) in [5.41, 5.74) is 8.67. The smallest absolute Gasteiger partial charge is 0.407 e. The van der Waals surface area contributed by atoms with Gasteiger partial charge in [0, 0.05) is 58.4 Å². The number of unbranched alkanes of at least 4 members (excludes halogenated alkanes) is 16. The van der Waals surface area contributed by atoms with Crippen LogP contribution in [0.5, 0.6) is 11.5 Å². The Bertz CT molecular complexity index is 3450. The molecule has 0 heterocycles. The van der Waals surface area contributed by atoms with Gasteiger partial charge in [-0.3, -0.25) is 14.4 Å². The number of hydrogen-bond donors (Lipinski definition) is 3. The van der Waals surface area contributed by atoms with Crippen molar-refractivity contribution in [1.29, 1.82) is 0 Å². The zero-order valence-electron chi connectivity index (χ0n) is 67.9. The molecule has 0 unspecified atom stereocenters. The van der Waals surface area contributed by atoms with Crippen LogP contribution in [0.3, 0.4) is 0 Å². The number of amides is 3. The zero-order chi connectivity index (χ0) is 78.2. The number of carbonyl (C=O) groups is 4. The Morgan fingerprint density at radius 2 is 0.889 bits per heavy atom. The highest BCUT2D eigenvalue weighted by Gasteiger charge is 2.46. The molecule has 0 aliphatic heterocycles. The van der Waals surface area contributed by atoms with Crippen LogP contribution < -0.4 is 25.4 Å². The minimum Gasteiger partial charge on any atom is -0.564 e. The molecule has 7 rings (SSSR count). The van der Waals surface area contributed by atoms with E-state index in [4.69, 9.17) is 51.0 Å². The number of carbonyl (C=O) groups excluding carboxylic acids is 4. The zero-order valence-corrected chi connectivity index (χ0v) is 71.4. The average Bonchev–Trinajstić information content (AvgIpc) is 0.892. The molecule has 3 N–H and O–H groups in total. The molecule has 0 radical (unpaired) electrons. The van der Waals surface area contributed by atoms with Crippen molar-refractivity contribution in [1.82, 2.24) is 16.0 Å². The summed E-state index contributed by atoms with van der Waals surface area (Å²) in [6, 6.07) is 43.3. The molecule has 593 valence electrons. The lowest BCUT2D eigenvalue weighted by Crippen LogP contribution is -2.55. The van der Waals surface area contributed by atoms with E-state index in [1.54, 1.807) is 24.3 Å². The predicted octanol–water partition coefficient (Wildman–Crippen LogP) is 23.8. The maximum atomic E-state index is 15.1. The van der Waals surface area contributed by atoms with Crippen LogP contribution in [0.1, 0.15) is 258 Å². The second kappa shape index (κ2) is 45.1. The summed E-state index contributed by atoms with van der Waals surface area (Å²) < 4.78 is 39.9. The van der Waals surface area contributed by atoms with Crippen molar-refractivity contribution in [3.63, 3.8) is 0 Å². The fourth-order valence-corrected chi connectivity index (χ4v) is 28.3. The predicted molar refractivity (Wildman–Crippen MR) is 450 cm³/mol. The average molecular weight is 1550 g/mol. The number of benzene rings is 6. The van der Waals surface area contributed by atoms with Crippen LogP contribution >= 0.6 is 23.2 Å². The topological polar surface area (TPSA) is 160 Å². The Morgan fingerprint density at radius 3 is 1.33 bits per heavy atom. The van der Waals surface area contributed by atoms with E-state index in [0.29, 0.717) is 84.7 Å². The van der Waals surface area contributed by atoms with Crippen molar-refractivity contribution in [2.75, 3.05) is 39.6 Å². The third-order valence-corrected chi connectivity index (χ3v) is 35.0. The van der Waals surface area contributed by atoms with Crippen LogP contribution in [-0.4, -0.2) is 92.2 Å². The number of nitrogens with one attached hydrogen (secondary N) is 3. The molecule has 0 saturated heterocycles. The van der Waals surface area contributed by atoms with Gasteiger partial charge in [0.25, 0.3) is 0 Å². The van der Waals surface area contributed by atoms with Gasteiger partial charge in [0.05, 0.1) is 13.2 Å². The van der Waals surface area contributed by atoms with Gasteiger partial charge >= 0.3 is 12.1 Å². The molecule has 2 atom stereocenters. The van der Waals surface area contributed by atoms with E-state index < -0.39 is 64.7 Å². The molecular formula is C91H131Cl2N3O10Si2-. The minimum absolute atomic E-state index is 0.0478. The molecular weight excluding hydrogens is 1420 g/mol. The van der Waals surface area contributed by atoms with Gasteiger partial charge in [0.1, 0.15) is 36.7 Å². The standard InChI is InChI=1S/C91H131Cl2N3O10Si2/c1-65(2)58-85(95-89(99)86(59-72-40-30-29-31-41-72)96-90(100)103-64-84-82-44-34-32-42-80(82)81-43-33-35-45-83(81)84)88(98)94-63-87(97)106-91(73-46-50-76(92)51-47-73,74-48-52-77(93)53-49-74)75-60-78(101-54-36-25-21-17-15-19-23-27-38-56-104-107(66(3)4,67(5)6)68(7)8)62-79(61-75)102-55-37-26-22-18-16-20-24-28-39-57-105-108(69(9)10,70(11)12)71(13)14/h29-35,40-53,60-62,65-71,84-86H,15-28,36-39,54-59,63-64H2,1-14H3,(H,94,98)(H,95,99)(H,96,100)/q-1/t85-,86-/m0/s1. The van der Waals surface area contributed by atoms with E-state index in [9.17, 15) is 14.4 Å². The van der Waals surface area contributed by atoms with Crippen LogP contribution in [0, 0.1) is 5.92 Å². The SMILES string of the molecule is CC(C)C[C@H](NC(=O)[C@H](Cc1ccccc1)NC(=O)OCC1c2ccccc2-c2ccccc21)C(=O)NCC(=O)OC(c1ccc(Cl)cc1)(c1ccc(Cl)cc1)c1cc(OCCCCCCCCCCCO[Si](C(C)C)(C(C)C)C(C)C)cc(OCCCCCCCCCCCO[Si-](C(C)C)(C(C)C)C(C)C)c1. The second-order valence-electron chi connectivity index (χ2n) is 32.4. The van der Waals surface area contributed by atoms with E-state index in [-0.39, 0.29) is 31.3 Å². The normalized spacial score (nSPS) is 13.2. The van der Waals surface area contributed by atoms with Crippen molar-refractivity contribution in [2.24, 2.45) is 5.92 Å². The van der Waals surface area contributed by atoms with Crippen LogP contribution in [0.25, 0.3) is 11.1 Å². The lowest BCUT2D eigenvalue weighted by Gasteiger charge is -2.54. The van der Waals surface area contributed by atoms with Crippen LogP contribution in [0.15, 0.2) is 146 Å². The molecule has 17 heteroatoms. The van der Waals surface area contributed by atoms with Crippen molar-refractivity contribution >= 4 is 63.7 Å². The molecule has 0 aromatic heterocycles.